The first kappa shape index (κ1) is 16.4. The fourth-order valence-electron chi connectivity index (χ4n) is 2.73. The van der Waals surface area contributed by atoms with Crippen LogP contribution in [0, 0.1) is 0 Å². The minimum absolute atomic E-state index is 0.0375. The van der Waals surface area contributed by atoms with Crippen molar-refractivity contribution in [1.29, 1.82) is 0 Å². The summed E-state index contributed by atoms with van der Waals surface area (Å²) in [5.74, 6) is -0.721. The molecule has 0 aliphatic carbocycles. The van der Waals surface area contributed by atoms with Gasteiger partial charge in [-0.1, -0.05) is 0 Å². The van der Waals surface area contributed by atoms with Crippen LogP contribution in [0.1, 0.15) is 32.1 Å². The average molecular weight is 318 g/mol. The molecule has 0 aromatic rings. The summed E-state index contributed by atoms with van der Waals surface area (Å²) < 4.78 is 31.2. The molecule has 8 heteroatoms. The lowest BCUT2D eigenvalue weighted by Gasteiger charge is -2.31. The molecule has 2 aliphatic heterocycles. The molecular formula is C13H22N2O5S. The third kappa shape index (κ3) is 4.02. The Labute approximate surface area is 125 Å². The average Bonchev–Trinajstić information content (AvgIpc) is 2.47. The summed E-state index contributed by atoms with van der Waals surface area (Å²) in [6, 6.07) is 0. The van der Waals surface area contributed by atoms with Gasteiger partial charge in [-0.05, 0) is 19.3 Å². The van der Waals surface area contributed by atoms with Crippen molar-refractivity contribution in [1.82, 2.24) is 9.21 Å². The SMILES string of the molecule is COC1CCN(S(=O)(=O)CCN2C(=O)CCCC2=O)CC1. The Morgan fingerprint density at radius 1 is 1.14 bits per heavy atom. The highest BCUT2D eigenvalue weighted by Crippen LogP contribution is 2.17. The second-order valence-electron chi connectivity index (χ2n) is 5.44. The topological polar surface area (TPSA) is 84.0 Å². The summed E-state index contributed by atoms with van der Waals surface area (Å²) in [6.07, 6.45) is 2.68. The number of nitrogens with zero attached hydrogens (tertiary/aromatic N) is 2. The number of hydrogen-bond donors (Lipinski definition) is 0. The van der Waals surface area contributed by atoms with Gasteiger partial charge in [-0.2, -0.15) is 0 Å². The van der Waals surface area contributed by atoms with E-state index in [1.807, 2.05) is 0 Å². The van der Waals surface area contributed by atoms with E-state index in [1.165, 1.54) is 4.31 Å². The summed E-state index contributed by atoms with van der Waals surface area (Å²) >= 11 is 0. The Bertz CT molecular complexity index is 481. The maximum Gasteiger partial charge on any atom is 0.229 e. The van der Waals surface area contributed by atoms with Gasteiger partial charge in [-0.3, -0.25) is 14.5 Å². The molecule has 2 amide bonds. The first-order chi connectivity index (χ1) is 9.94. The van der Waals surface area contributed by atoms with Gasteiger partial charge in [0.2, 0.25) is 21.8 Å². The van der Waals surface area contributed by atoms with E-state index in [0.29, 0.717) is 45.2 Å². The van der Waals surface area contributed by atoms with Gasteiger partial charge in [0, 0.05) is 39.6 Å². The number of hydrogen-bond acceptors (Lipinski definition) is 5. The van der Waals surface area contributed by atoms with E-state index in [4.69, 9.17) is 4.74 Å². The van der Waals surface area contributed by atoms with Gasteiger partial charge >= 0.3 is 0 Å². The lowest BCUT2D eigenvalue weighted by atomic mass is 10.1. The maximum atomic E-state index is 12.3. The highest BCUT2D eigenvalue weighted by atomic mass is 32.2. The number of amides is 2. The van der Waals surface area contributed by atoms with Crippen LogP contribution in [0.15, 0.2) is 0 Å². The van der Waals surface area contributed by atoms with Crippen molar-refractivity contribution in [2.75, 3.05) is 32.5 Å². The number of piperidine rings is 2. The fourth-order valence-corrected chi connectivity index (χ4v) is 4.17. The zero-order chi connectivity index (χ0) is 15.5. The molecule has 2 heterocycles. The van der Waals surface area contributed by atoms with Gasteiger partial charge in [-0.15, -0.1) is 0 Å². The Hall–Kier alpha value is -0.990. The normalized spacial score (nSPS) is 22.8. The Balaban J connectivity index is 1.89. The second-order valence-corrected chi connectivity index (χ2v) is 7.53. The van der Waals surface area contributed by atoms with Crippen LogP contribution >= 0.6 is 0 Å². The van der Waals surface area contributed by atoms with Crippen molar-refractivity contribution in [3.8, 4) is 0 Å². The minimum Gasteiger partial charge on any atom is -0.381 e. The van der Waals surface area contributed by atoms with Gasteiger partial charge in [0.15, 0.2) is 0 Å². The van der Waals surface area contributed by atoms with E-state index in [9.17, 15) is 18.0 Å². The second kappa shape index (κ2) is 6.85. The first-order valence-corrected chi connectivity index (χ1v) is 8.89. The van der Waals surface area contributed by atoms with Gasteiger partial charge in [0.25, 0.3) is 0 Å². The van der Waals surface area contributed by atoms with Gasteiger partial charge in [-0.25, -0.2) is 12.7 Å². The summed E-state index contributed by atoms with van der Waals surface area (Å²) in [5.41, 5.74) is 0. The molecule has 0 spiro atoms. The van der Waals surface area contributed by atoms with E-state index in [1.54, 1.807) is 7.11 Å². The highest BCUT2D eigenvalue weighted by Gasteiger charge is 2.31. The minimum atomic E-state index is -3.43. The van der Waals surface area contributed by atoms with Crippen LogP contribution in [0.5, 0.6) is 0 Å². The molecule has 0 atom stereocenters. The quantitative estimate of drug-likeness (QED) is 0.665. The molecule has 2 rings (SSSR count). The van der Waals surface area contributed by atoms with Crippen LogP contribution < -0.4 is 0 Å². The number of rotatable bonds is 5. The highest BCUT2D eigenvalue weighted by molar-refractivity contribution is 7.89. The molecule has 0 bridgehead atoms. The van der Waals surface area contributed by atoms with E-state index >= 15 is 0 Å². The number of carbonyl (C=O) groups excluding carboxylic acids is 2. The molecule has 120 valence electrons. The van der Waals surface area contributed by atoms with Crippen molar-refractivity contribution >= 4 is 21.8 Å². The Kier molecular flexibility index (Phi) is 5.34. The summed E-state index contributed by atoms with van der Waals surface area (Å²) in [7, 11) is -1.80. The molecule has 2 saturated heterocycles. The molecule has 2 fully saturated rings. The van der Waals surface area contributed by atoms with Crippen LogP contribution in [0.4, 0.5) is 0 Å². The number of imide groups is 1. The number of sulfonamides is 1. The van der Waals surface area contributed by atoms with Crippen LogP contribution in [-0.2, 0) is 24.3 Å². The predicted octanol–water partition coefficient (Wildman–Crippen LogP) is -0.0339. The summed E-state index contributed by atoms with van der Waals surface area (Å²) in [5, 5.41) is 0. The lowest BCUT2D eigenvalue weighted by molar-refractivity contribution is -0.147. The largest absolute Gasteiger partial charge is 0.381 e. The van der Waals surface area contributed by atoms with Crippen molar-refractivity contribution in [3.63, 3.8) is 0 Å². The van der Waals surface area contributed by atoms with Crippen LogP contribution in [0.2, 0.25) is 0 Å². The number of ether oxygens (including phenoxy) is 1. The molecule has 0 unspecified atom stereocenters. The third-order valence-electron chi connectivity index (χ3n) is 4.08. The first-order valence-electron chi connectivity index (χ1n) is 7.28. The molecule has 7 nitrogen and oxygen atoms in total. The monoisotopic (exact) mass is 318 g/mol. The van der Waals surface area contributed by atoms with Crippen molar-refractivity contribution in [2.24, 2.45) is 0 Å². The van der Waals surface area contributed by atoms with E-state index in [-0.39, 0.29) is 30.2 Å². The van der Waals surface area contributed by atoms with Crippen LogP contribution in [-0.4, -0.2) is 68.0 Å². The summed E-state index contributed by atoms with van der Waals surface area (Å²) in [6.45, 7) is 0.829. The number of likely N-dealkylation sites (tertiary alicyclic amines) is 1. The molecular weight excluding hydrogens is 296 g/mol. The standard InChI is InChI=1S/C13H22N2O5S/c1-20-11-5-7-14(8-6-11)21(18,19)10-9-15-12(16)3-2-4-13(15)17/h11H,2-10H2,1H3. The lowest BCUT2D eigenvalue weighted by Crippen LogP contribution is -2.46. The van der Waals surface area contributed by atoms with Crippen molar-refractivity contribution in [2.45, 2.75) is 38.2 Å². The Morgan fingerprint density at radius 2 is 1.71 bits per heavy atom. The van der Waals surface area contributed by atoms with Gasteiger partial charge in [0.1, 0.15) is 0 Å². The molecule has 0 aromatic heterocycles. The van der Waals surface area contributed by atoms with Crippen LogP contribution in [0.3, 0.4) is 0 Å². The van der Waals surface area contributed by atoms with Gasteiger partial charge in [0.05, 0.1) is 11.9 Å². The molecule has 0 aromatic carbocycles. The Morgan fingerprint density at radius 3 is 2.24 bits per heavy atom. The predicted molar refractivity (Wildman–Crippen MR) is 76.0 cm³/mol. The van der Waals surface area contributed by atoms with Crippen LogP contribution in [0.25, 0.3) is 0 Å². The fraction of sp³-hybridized carbons (Fsp3) is 0.846. The van der Waals surface area contributed by atoms with E-state index in [0.717, 1.165) is 4.90 Å². The van der Waals surface area contributed by atoms with Crippen molar-refractivity contribution < 1.29 is 22.7 Å². The maximum absolute atomic E-state index is 12.3. The molecule has 0 radical (unpaired) electrons. The molecule has 2 aliphatic rings. The van der Waals surface area contributed by atoms with Gasteiger partial charge < -0.3 is 4.74 Å². The third-order valence-corrected chi connectivity index (χ3v) is 5.93. The zero-order valence-electron chi connectivity index (χ0n) is 12.3. The smallest absolute Gasteiger partial charge is 0.229 e. The van der Waals surface area contributed by atoms with E-state index < -0.39 is 10.0 Å². The number of carbonyl (C=O) groups is 2. The molecule has 21 heavy (non-hydrogen) atoms. The van der Waals surface area contributed by atoms with Crippen molar-refractivity contribution in [3.05, 3.63) is 0 Å². The van der Waals surface area contributed by atoms with E-state index in [2.05, 4.69) is 0 Å². The summed E-state index contributed by atoms with van der Waals surface area (Å²) in [4.78, 5) is 24.4. The zero-order valence-corrected chi connectivity index (χ0v) is 13.1. The molecule has 0 saturated carbocycles. The number of methoxy groups -OCH3 is 1. The molecule has 0 N–H and O–H groups in total.